The molecule has 2 aromatic rings. The summed E-state index contributed by atoms with van der Waals surface area (Å²) < 4.78 is 0. The molecule has 0 unspecified atom stereocenters. The highest BCUT2D eigenvalue weighted by molar-refractivity contribution is 6.00. The topological polar surface area (TPSA) is 99.6 Å². The van der Waals surface area contributed by atoms with Gasteiger partial charge in [0.15, 0.2) is 0 Å². The van der Waals surface area contributed by atoms with Gasteiger partial charge in [0.25, 0.3) is 0 Å². The van der Waals surface area contributed by atoms with E-state index in [9.17, 15) is 19.5 Å². The molecule has 1 aromatic heterocycles. The predicted octanol–water partition coefficient (Wildman–Crippen LogP) is 4.29. The maximum atomic E-state index is 13.0. The van der Waals surface area contributed by atoms with Gasteiger partial charge in [0, 0.05) is 25.2 Å². The molecule has 1 heterocycles. The Morgan fingerprint density at radius 2 is 1.75 bits per heavy atom. The van der Waals surface area contributed by atoms with Crippen LogP contribution in [0.2, 0.25) is 0 Å². The molecule has 170 valence electrons. The fourth-order valence-corrected chi connectivity index (χ4v) is 4.13. The zero-order chi connectivity index (χ0) is 22.8. The Kier molecular flexibility index (Phi) is 8.78. The molecule has 0 saturated heterocycles. The van der Waals surface area contributed by atoms with Crippen molar-refractivity contribution in [2.75, 3.05) is 6.54 Å². The van der Waals surface area contributed by atoms with Gasteiger partial charge in [-0.05, 0) is 49.8 Å². The average molecular weight is 438 g/mol. The highest BCUT2D eigenvalue weighted by Crippen LogP contribution is 2.25. The summed E-state index contributed by atoms with van der Waals surface area (Å²) in [6.45, 7) is 0.691. The van der Waals surface area contributed by atoms with Gasteiger partial charge in [-0.2, -0.15) is 0 Å². The van der Waals surface area contributed by atoms with E-state index in [2.05, 4.69) is 10.3 Å². The number of Topliss-reactive ketones (excluding diaryl/α,β-unsaturated/α-hetero) is 1. The van der Waals surface area contributed by atoms with Gasteiger partial charge in [0.05, 0.1) is 6.04 Å². The maximum absolute atomic E-state index is 13.0. The minimum atomic E-state index is -0.968. The van der Waals surface area contributed by atoms with Gasteiger partial charge < -0.3 is 15.3 Å². The summed E-state index contributed by atoms with van der Waals surface area (Å²) in [5, 5.41) is 12.5. The van der Waals surface area contributed by atoms with E-state index in [1.807, 2.05) is 30.3 Å². The molecule has 2 amide bonds. The molecule has 1 saturated carbocycles. The first-order valence-corrected chi connectivity index (χ1v) is 11.3. The van der Waals surface area contributed by atoms with Gasteiger partial charge in [0.2, 0.25) is 11.7 Å². The summed E-state index contributed by atoms with van der Waals surface area (Å²) in [5.41, 5.74) is 1.27. The second kappa shape index (κ2) is 12.0. The smallest absolute Gasteiger partial charge is 0.407 e. The molecule has 7 heteroatoms. The van der Waals surface area contributed by atoms with Crippen LogP contribution in [-0.2, 0) is 11.3 Å². The van der Waals surface area contributed by atoms with E-state index in [4.69, 9.17) is 0 Å². The number of nitrogens with one attached hydrogen (secondary N) is 1. The fourth-order valence-electron chi connectivity index (χ4n) is 4.13. The molecule has 1 aliphatic rings. The van der Waals surface area contributed by atoms with Crippen LogP contribution in [0.3, 0.4) is 0 Å². The van der Waals surface area contributed by atoms with Crippen molar-refractivity contribution in [3.05, 3.63) is 66.0 Å². The normalized spacial score (nSPS) is 14.6. The van der Waals surface area contributed by atoms with E-state index in [0.29, 0.717) is 38.0 Å². The minimum absolute atomic E-state index is 0.0255. The predicted molar refractivity (Wildman–Crippen MR) is 121 cm³/mol. The molecular formula is C25H31N3O4. The van der Waals surface area contributed by atoms with E-state index < -0.39 is 12.1 Å². The molecule has 1 aliphatic carbocycles. The summed E-state index contributed by atoms with van der Waals surface area (Å²) in [6, 6.07) is 14.0. The van der Waals surface area contributed by atoms with Crippen molar-refractivity contribution in [2.24, 2.45) is 5.92 Å². The quantitative estimate of drug-likeness (QED) is 0.404. The number of nitrogens with zero attached hydrogens (tertiary/aromatic N) is 2. The fraction of sp³-hybridized carbons (Fsp3) is 0.440. The number of aromatic nitrogens is 1. The highest BCUT2D eigenvalue weighted by Gasteiger charge is 2.28. The Bertz CT molecular complexity index is 883. The molecule has 2 N–H and O–H groups in total. The molecule has 32 heavy (non-hydrogen) atoms. The van der Waals surface area contributed by atoms with Crippen molar-refractivity contribution in [1.82, 2.24) is 15.2 Å². The van der Waals surface area contributed by atoms with Crippen molar-refractivity contribution in [3.63, 3.8) is 0 Å². The number of carboxylic acid groups (broad SMARTS) is 1. The third-order valence-corrected chi connectivity index (χ3v) is 5.93. The number of benzene rings is 1. The Morgan fingerprint density at radius 3 is 2.41 bits per heavy atom. The Hall–Kier alpha value is -3.22. The molecule has 0 aliphatic heterocycles. The van der Waals surface area contributed by atoms with E-state index >= 15 is 0 Å². The number of pyridine rings is 1. The number of amides is 2. The van der Waals surface area contributed by atoms with Crippen molar-refractivity contribution in [3.8, 4) is 0 Å². The minimum Gasteiger partial charge on any atom is -0.465 e. The van der Waals surface area contributed by atoms with Crippen LogP contribution in [0.5, 0.6) is 0 Å². The number of hydrogen-bond donors (Lipinski definition) is 2. The van der Waals surface area contributed by atoms with Gasteiger partial charge in [-0.15, -0.1) is 0 Å². The van der Waals surface area contributed by atoms with Crippen LogP contribution >= 0.6 is 0 Å². The molecule has 1 atom stereocenters. The first-order valence-electron chi connectivity index (χ1n) is 11.3. The van der Waals surface area contributed by atoms with Gasteiger partial charge in [-0.25, -0.2) is 4.79 Å². The summed E-state index contributed by atoms with van der Waals surface area (Å²) in [7, 11) is 0. The SMILES string of the molecule is O=C(N[C@@H](CCCCN(Cc1ccccc1)C(=O)O)C(=O)c1ccccn1)C1CCCC1. The number of hydrogen-bond acceptors (Lipinski definition) is 4. The standard InChI is InChI=1S/C25H31N3O4/c29-23(21-14-6-8-16-26-21)22(27-24(30)20-12-4-5-13-20)15-7-9-17-28(25(31)32)18-19-10-2-1-3-11-19/h1-3,6,8,10-11,14,16,20,22H,4-5,7,9,12-13,15,17-18H2,(H,27,30)(H,31,32)/t22-/m0/s1. The van der Waals surface area contributed by atoms with Gasteiger partial charge >= 0.3 is 6.09 Å². The van der Waals surface area contributed by atoms with Crippen LogP contribution in [-0.4, -0.2) is 45.4 Å². The number of ketones is 1. The van der Waals surface area contributed by atoms with E-state index in [1.54, 1.807) is 24.4 Å². The van der Waals surface area contributed by atoms with Crippen molar-refractivity contribution in [2.45, 2.75) is 57.5 Å². The van der Waals surface area contributed by atoms with E-state index in [-0.39, 0.29) is 17.6 Å². The van der Waals surface area contributed by atoms with Crippen LogP contribution in [0.25, 0.3) is 0 Å². The Labute approximate surface area is 188 Å². The third-order valence-electron chi connectivity index (χ3n) is 5.93. The highest BCUT2D eigenvalue weighted by atomic mass is 16.4. The second-order valence-corrected chi connectivity index (χ2v) is 8.31. The van der Waals surface area contributed by atoms with E-state index in [0.717, 1.165) is 31.2 Å². The van der Waals surface area contributed by atoms with Crippen LogP contribution in [0.1, 0.15) is 61.0 Å². The van der Waals surface area contributed by atoms with Crippen molar-refractivity contribution < 1.29 is 19.5 Å². The summed E-state index contributed by atoms with van der Waals surface area (Å²) in [5.74, 6) is -0.285. The van der Waals surface area contributed by atoms with Crippen LogP contribution < -0.4 is 5.32 Å². The lowest BCUT2D eigenvalue weighted by molar-refractivity contribution is -0.125. The maximum Gasteiger partial charge on any atom is 0.407 e. The monoisotopic (exact) mass is 437 g/mol. The second-order valence-electron chi connectivity index (χ2n) is 8.31. The van der Waals surface area contributed by atoms with Crippen LogP contribution in [0, 0.1) is 5.92 Å². The first-order chi connectivity index (χ1) is 15.5. The lowest BCUT2D eigenvalue weighted by atomic mass is 10.00. The Balaban J connectivity index is 1.56. The largest absolute Gasteiger partial charge is 0.465 e. The number of carbonyl (C=O) groups excluding carboxylic acids is 2. The number of unbranched alkanes of at least 4 members (excludes halogenated alkanes) is 1. The molecule has 0 bridgehead atoms. The van der Waals surface area contributed by atoms with Crippen molar-refractivity contribution in [1.29, 1.82) is 0 Å². The zero-order valence-electron chi connectivity index (χ0n) is 18.3. The zero-order valence-corrected chi connectivity index (χ0v) is 18.3. The average Bonchev–Trinajstić information content (AvgIpc) is 3.36. The molecule has 0 radical (unpaired) electrons. The van der Waals surface area contributed by atoms with Crippen LogP contribution in [0.15, 0.2) is 54.7 Å². The lowest BCUT2D eigenvalue weighted by Crippen LogP contribution is -2.43. The molecule has 3 rings (SSSR count). The number of carbonyl (C=O) groups is 3. The third kappa shape index (κ3) is 6.90. The molecule has 7 nitrogen and oxygen atoms in total. The van der Waals surface area contributed by atoms with Gasteiger partial charge in [-0.1, -0.05) is 49.2 Å². The molecular weight excluding hydrogens is 406 g/mol. The van der Waals surface area contributed by atoms with Crippen molar-refractivity contribution >= 4 is 17.8 Å². The number of rotatable bonds is 11. The molecule has 0 spiro atoms. The van der Waals surface area contributed by atoms with Gasteiger partial charge in [-0.3, -0.25) is 14.6 Å². The summed E-state index contributed by atoms with van der Waals surface area (Å²) >= 11 is 0. The van der Waals surface area contributed by atoms with Crippen LogP contribution in [0.4, 0.5) is 4.79 Å². The summed E-state index contributed by atoms with van der Waals surface area (Å²) in [4.78, 5) is 42.8. The summed E-state index contributed by atoms with van der Waals surface area (Å²) in [6.07, 6.45) is 6.09. The first kappa shape index (κ1) is 23.4. The van der Waals surface area contributed by atoms with Gasteiger partial charge in [0.1, 0.15) is 5.69 Å². The molecule has 1 aromatic carbocycles. The Morgan fingerprint density at radius 1 is 1.03 bits per heavy atom. The lowest BCUT2D eigenvalue weighted by Gasteiger charge is -2.22. The van der Waals surface area contributed by atoms with E-state index in [1.165, 1.54) is 4.90 Å². The molecule has 1 fully saturated rings.